The van der Waals surface area contributed by atoms with E-state index < -0.39 is 11.7 Å². The number of thioether (sulfide) groups is 1. The highest BCUT2D eigenvalue weighted by atomic mass is 32.2. The number of rotatable bonds is 4. The number of benzene rings is 2. The van der Waals surface area contributed by atoms with Crippen LogP contribution in [-0.4, -0.2) is 22.6 Å². The number of alkyl halides is 3. The number of aromatic nitrogens is 1. The number of carbonyl (C=O) groups excluding carboxylic acids is 2. The zero-order chi connectivity index (χ0) is 22.0. The largest absolute Gasteiger partial charge is 0.416 e. The van der Waals surface area contributed by atoms with Gasteiger partial charge in [-0.2, -0.15) is 13.2 Å². The Labute approximate surface area is 184 Å². The predicted octanol–water partition coefficient (Wildman–Crippen LogP) is 5.44. The van der Waals surface area contributed by atoms with Crippen molar-refractivity contribution < 1.29 is 22.8 Å². The summed E-state index contributed by atoms with van der Waals surface area (Å²) in [5, 5.41) is 5.85. The minimum Gasteiger partial charge on any atom is -0.325 e. The Morgan fingerprint density at radius 3 is 2.84 bits per heavy atom. The van der Waals surface area contributed by atoms with Crippen LogP contribution >= 0.6 is 23.1 Å². The van der Waals surface area contributed by atoms with Crippen LogP contribution in [0.3, 0.4) is 0 Å². The Balaban J connectivity index is 1.45. The van der Waals surface area contributed by atoms with Crippen LogP contribution in [0.25, 0.3) is 0 Å². The van der Waals surface area contributed by atoms with Gasteiger partial charge in [-0.05, 0) is 29.8 Å². The normalized spacial score (nSPS) is 13.8. The molecule has 2 heterocycles. The van der Waals surface area contributed by atoms with Gasteiger partial charge in [0.25, 0.3) is 5.91 Å². The number of nitrogens with zero attached hydrogens (tertiary/aromatic N) is 1. The van der Waals surface area contributed by atoms with Crippen molar-refractivity contribution in [1.29, 1.82) is 0 Å². The number of thiazole rings is 1. The number of anilines is 2. The molecule has 0 bridgehead atoms. The summed E-state index contributed by atoms with van der Waals surface area (Å²) >= 11 is 2.75. The van der Waals surface area contributed by atoms with E-state index in [1.54, 1.807) is 36.0 Å². The molecule has 1 aliphatic rings. The molecule has 1 aliphatic heterocycles. The van der Waals surface area contributed by atoms with Crippen molar-refractivity contribution in [3.63, 3.8) is 0 Å². The number of hydrogen-bond acceptors (Lipinski definition) is 5. The van der Waals surface area contributed by atoms with Crippen molar-refractivity contribution in [3.8, 4) is 0 Å². The number of carbonyl (C=O) groups is 2. The fourth-order valence-electron chi connectivity index (χ4n) is 3.04. The quantitative estimate of drug-likeness (QED) is 0.541. The molecule has 0 spiro atoms. The maximum atomic E-state index is 12.9. The Kier molecular flexibility index (Phi) is 6.01. The fraction of sp³-hybridized carbons (Fsp3) is 0.190. The van der Waals surface area contributed by atoms with Gasteiger partial charge in [-0.15, -0.1) is 23.1 Å². The summed E-state index contributed by atoms with van der Waals surface area (Å²) in [4.78, 5) is 30.1. The zero-order valence-corrected chi connectivity index (χ0v) is 17.6. The van der Waals surface area contributed by atoms with E-state index in [0.717, 1.165) is 21.9 Å². The van der Waals surface area contributed by atoms with Gasteiger partial charge in [0, 0.05) is 40.1 Å². The molecule has 1 aromatic heterocycles. The molecule has 0 saturated heterocycles. The van der Waals surface area contributed by atoms with Crippen LogP contribution in [0.5, 0.6) is 0 Å². The molecule has 2 amide bonds. The summed E-state index contributed by atoms with van der Waals surface area (Å²) in [5.74, 6) is 0.201. The first-order chi connectivity index (χ1) is 14.8. The van der Waals surface area contributed by atoms with Gasteiger partial charge in [0.05, 0.1) is 11.3 Å². The van der Waals surface area contributed by atoms with E-state index in [-0.39, 0.29) is 18.2 Å². The lowest BCUT2D eigenvalue weighted by molar-refractivity contribution is -0.137. The van der Waals surface area contributed by atoms with Gasteiger partial charge in [-0.25, -0.2) is 4.98 Å². The molecule has 0 radical (unpaired) electrons. The topological polar surface area (TPSA) is 71.1 Å². The Morgan fingerprint density at radius 2 is 2.03 bits per heavy atom. The van der Waals surface area contributed by atoms with Crippen LogP contribution in [0.15, 0.2) is 53.6 Å². The second-order valence-electron chi connectivity index (χ2n) is 6.82. The lowest BCUT2D eigenvalue weighted by Crippen LogP contribution is -2.14. The van der Waals surface area contributed by atoms with E-state index in [2.05, 4.69) is 15.6 Å². The van der Waals surface area contributed by atoms with Gasteiger partial charge >= 0.3 is 6.18 Å². The highest BCUT2D eigenvalue weighted by Crippen LogP contribution is 2.32. The van der Waals surface area contributed by atoms with E-state index in [1.807, 2.05) is 0 Å². The molecule has 0 atom stereocenters. The lowest BCUT2D eigenvalue weighted by atomic mass is 10.1. The van der Waals surface area contributed by atoms with E-state index in [9.17, 15) is 22.8 Å². The number of hydrogen-bond donors (Lipinski definition) is 2. The van der Waals surface area contributed by atoms with E-state index in [4.69, 9.17) is 0 Å². The molecule has 31 heavy (non-hydrogen) atoms. The highest BCUT2D eigenvalue weighted by Gasteiger charge is 2.30. The summed E-state index contributed by atoms with van der Waals surface area (Å²) in [5.41, 5.74) is 0.785. The van der Waals surface area contributed by atoms with Crippen LogP contribution < -0.4 is 10.6 Å². The Bertz CT molecular complexity index is 1140. The molecule has 160 valence electrons. The monoisotopic (exact) mass is 463 g/mol. The molecular formula is C21H16F3N3O2S2. The van der Waals surface area contributed by atoms with Gasteiger partial charge in [0.1, 0.15) is 0 Å². The standard InChI is InChI=1S/C21H16F3N3O2S2/c22-21(23,24)14-3-1-2-12(8-14)9-15-11-25-20(31-15)27-19(29)13-4-5-17-16(10-13)26-18(28)6-7-30-17/h1-5,8,10-11H,6-7,9H2,(H,26,28)(H,25,27,29). The maximum absolute atomic E-state index is 12.9. The molecule has 0 fully saturated rings. The molecular weight excluding hydrogens is 447 g/mol. The van der Waals surface area contributed by atoms with Gasteiger partial charge in [0.2, 0.25) is 5.91 Å². The third kappa shape index (κ3) is 5.26. The smallest absolute Gasteiger partial charge is 0.325 e. The highest BCUT2D eigenvalue weighted by molar-refractivity contribution is 7.99. The van der Waals surface area contributed by atoms with E-state index in [1.165, 1.54) is 23.6 Å². The molecule has 0 unspecified atom stereocenters. The van der Waals surface area contributed by atoms with Crippen molar-refractivity contribution in [1.82, 2.24) is 4.98 Å². The molecule has 0 saturated carbocycles. The second kappa shape index (κ2) is 8.72. The zero-order valence-electron chi connectivity index (χ0n) is 16.0. The number of fused-ring (bicyclic) bond motifs is 1. The van der Waals surface area contributed by atoms with E-state index in [0.29, 0.717) is 34.1 Å². The maximum Gasteiger partial charge on any atom is 0.416 e. The summed E-state index contributed by atoms with van der Waals surface area (Å²) in [6.07, 6.45) is -2.17. The summed E-state index contributed by atoms with van der Waals surface area (Å²) in [6.45, 7) is 0. The van der Waals surface area contributed by atoms with Crippen LogP contribution in [0.1, 0.15) is 32.8 Å². The van der Waals surface area contributed by atoms with Crippen LogP contribution in [-0.2, 0) is 17.4 Å². The molecule has 4 rings (SSSR count). The number of amides is 2. The first-order valence-electron chi connectivity index (χ1n) is 9.27. The SMILES string of the molecule is O=C1CCSc2ccc(C(=O)Nc3ncc(Cc4cccc(C(F)(F)F)c4)s3)cc2N1. The van der Waals surface area contributed by atoms with Crippen molar-refractivity contribution in [2.24, 2.45) is 0 Å². The first kappa shape index (κ1) is 21.4. The van der Waals surface area contributed by atoms with Crippen molar-refractivity contribution in [2.75, 3.05) is 16.4 Å². The van der Waals surface area contributed by atoms with Gasteiger partial charge < -0.3 is 5.32 Å². The molecule has 10 heteroatoms. The third-order valence-corrected chi connectivity index (χ3v) is 6.50. The number of halogens is 3. The van der Waals surface area contributed by atoms with Crippen LogP contribution in [0.4, 0.5) is 24.0 Å². The fourth-order valence-corrected chi connectivity index (χ4v) is 4.82. The van der Waals surface area contributed by atoms with Gasteiger partial charge in [-0.3, -0.25) is 14.9 Å². The predicted molar refractivity (Wildman–Crippen MR) is 115 cm³/mol. The summed E-state index contributed by atoms with van der Waals surface area (Å²) < 4.78 is 38.6. The van der Waals surface area contributed by atoms with E-state index >= 15 is 0 Å². The van der Waals surface area contributed by atoms with Crippen LogP contribution in [0.2, 0.25) is 0 Å². The van der Waals surface area contributed by atoms with Gasteiger partial charge in [-0.1, -0.05) is 18.2 Å². The Hall–Kier alpha value is -2.85. The molecule has 0 aliphatic carbocycles. The average Bonchev–Trinajstić information content (AvgIpc) is 3.05. The first-order valence-corrected chi connectivity index (χ1v) is 11.1. The van der Waals surface area contributed by atoms with Gasteiger partial charge in [0.15, 0.2) is 5.13 Å². The second-order valence-corrected chi connectivity index (χ2v) is 9.07. The molecule has 2 N–H and O–H groups in total. The Morgan fingerprint density at radius 1 is 1.19 bits per heavy atom. The molecule has 2 aromatic carbocycles. The van der Waals surface area contributed by atoms with Crippen molar-refractivity contribution >= 4 is 45.7 Å². The summed E-state index contributed by atoms with van der Waals surface area (Å²) in [6, 6.07) is 10.2. The molecule has 3 aromatic rings. The number of nitrogens with one attached hydrogen (secondary N) is 2. The third-order valence-electron chi connectivity index (χ3n) is 4.51. The van der Waals surface area contributed by atoms with Crippen LogP contribution in [0, 0.1) is 0 Å². The minimum absolute atomic E-state index is 0.0945. The molecule has 5 nitrogen and oxygen atoms in total. The lowest BCUT2D eigenvalue weighted by Gasteiger charge is -2.08. The average molecular weight is 464 g/mol. The van der Waals surface area contributed by atoms with Crippen molar-refractivity contribution in [2.45, 2.75) is 23.9 Å². The minimum atomic E-state index is -4.39. The van der Waals surface area contributed by atoms with Crippen molar-refractivity contribution in [3.05, 3.63) is 70.2 Å². The summed E-state index contributed by atoms with van der Waals surface area (Å²) in [7, 11) is 0.